The summed E-state index contributed by atoms with van der Waals surface area (Å²) >= 11 is 2.90. The second-order valence-corrected chi connectivity index (χ2v) is 2.57. The van der Waals surface area contributed by atoms with Crippen molar-refractivity contribution >= 4 is 24.8 Å². The van der Waals surface area contributed by atoms with Gasteiger partial charge in [0, 0.05) is 0 Å². The summed E-state index contributed by atoms with van der Waals surface area (Å²) in [6, 6.07) is 0. The van der Waals surface area contributed by atoms with Gasteiger partial charge in [-0.25, -0.2) is 0 Å². The topological polar surface area (TPSA) is 0 Å². The van der Waals surface area contributed by atoms with Crippen molar-refractivity contribution in [1.82, 2.24) is 0 Å². The first-order chi connectivity index (χ1) is 2.89. The van der Waals surface area contributed by atoms with Crippen LogP contribution < -0.4 is 0 Å². The Labute approximate surface area is 72.6 Å². The molecule has 3 heteroatoms. The Morgan fingerprint density at radius 1 is 1.38 bits per heavy atom. The van der Waals surface area contributed by atoms with E-state index >= 15 is 0 Å². The average molecular weight is 243 g/mol. The van der Waals surface area contributed by atoms with E-state index in [1.165, 1.54) is 23.4 Å². The third-order valence-corrected chi connectivity index (χ3v) is 1.71. The summed E-state index contributed by atoms with van der Waals surface area (Å²) in [5, 5.41) is 0. The SMILES string of the molecule is Cl.Cl.[Rh][C]1=CCCC1. The zero-order valence-corrected chi connectivity index (χ0v) is 7.62. The monoisotopic (exact) mass is 242 g/mol. The molecule has 1 rings (SSSR count). The van der Waals surface area contributed by atoms with Crippen LogP contribution in [-0.4, -0.2) is 0 Å². The van der Waals surface area contributed by atoms with Crippen LogP contribution in [0.25, 0.3) is 0 Å². The van der Waals surface area contributed by atoms with Gasteiger partial charge in [-0.2, -0.15) is 0 Å². The molecule has 0 atom stereocenters. The second-order valence-electron chi connectivity index (χ2n) is 1.51. The van der Waals surface area contributed by atoms with Gasteiger partial charge in [0.2, 0.25) is 0 Å². The summed E-state index contributed by atoms with van der Waals surface area (Å²) in [6.07, 6.45) is 6.23. The van der Waals surface area contributed by atoms with Crippen LogP contribution in [0.3, 0.4) is 0 Å². The van der Waals surface area contributed by atoms with Crippen LogP contribution >= 0.6 is 24.8 Å². The Kier molecular flexibility index (Phi) is 8.88. The molecule has 0 amide bonds. The van der Waals surface area contributed by atoms with Crippen LogP contribution in [0.4, 0.5) is 0 Å². The van der Waals surface area contributed by atoms with Gasteiger partial charge in [-0.1, -0.05) is 0 Å². The summed E-state index contributed by atoms with van der Waals surface area (Å²) in [5.74, 6) is 0. The molecular weight excluding hydrogens is 234 g/mol. The average Bonchev–Trinajstić information content (AvgIpc) is 1.86. The van der Waals surface area contributed by atoms with E-state index in [-0.39, 0.29) is 24.8 Å². The van der Waals surface area contributed by atoms with Crippen LogP contribution in [0.5, 0.6) is 0 Å². The van der Waals surface area contributed by atoms with Crippen molar-refractivity contribution in [3.63, 3.8) is 0 Å². The molecule has 0 bridgehead atoms. The summed E-state index contributed by atoms with van der Waals surface area (Å²) < 4.78 is 1.47. The fourth-order valence-corrected chi connectivity index (χ4v) is 1.14. The van der Waals surface area contributed by atoms with Gasteiger partial charge in [-0.3, -0.25) is 0 Å². The zero-order valence-electron chi connectivity index (χ0n) is 4.35. The van der Waals surface area contributed by atoms with E-state index in [0.29, 0.717) is 0 Å². The molecule has 0 radical (unpaired) electrons. The normalized spacial score (nSPS) is 16.0. The number of allylic oxidation sites excluding steroid dienone is 2. The van der Waals surface area contributed by atoms with Crippen molar-refractivity contribution in [1.29, 1.82) is 0 Å². The molecule has 0 spiro atoms. The number of hydrogen-bond donors (Lipinski definition) is 0. The molecule has 0 aromatic heterocycles. The summed E-state index contributed by atoms with van der Waals surface area (Å²) in [7, 11) is 0. The molecule has 0 saturated heterocycles. The standard InChI is InChI=1S/C5H7.2ClH.Rh/c1-2-4-5-3-1;;;/h1H,2,4-5H2;2*1H;. The molecular formula is C5H9Cl2Rh. The molecule has 0 heterocycles. The van der Waals surface area contributed by atoms with E-state index in [4.69, 9.17) is 0 Å². The van der Waals surface area contributed by atoms with Crippen molar-refractivity contribution in [3.8, 4) is 0 Å². The minimum absolute atomic E-state index is 0. The fourth-order valence-electron chi connectivity index (χ4n) is 0.617. The van der Waals surface area contributed by atoms with Gasteiger partial charge >= 0.3 is 47.8 Å². The van der Waals surface area contributed by atoms with Crippen LogP contribution in [0, 0.1) is 0 Å². The summed E-state index contributed by atoms with van der Waals surface area (Å²) in [5.41, 5.74) is 0. The number of rotatable bonds is 0. The molecule has 8 heavy (non-hydrogen) atoms. The Morgan fingerprint density at radius 2 is 2.00 bits per heavy atom. The third-order valence-electron chi connectivity index (χ3n) is 0.965. The van der Waals surface area contributed by atoms with E-state index in [0.717, 1.165) is 0 Å². The molecule has 52 valence electrons. The number of hydrogen-bond acceptors (Lipinski definition) is 0. The molecule has 0 aromatic rings. The Morgan fingerprint density at radius 3 is 2.12 bits per heavy atom. The van der Waals surface area contributed by atoms with Crippen LogP contribution in [0.1, 0.15) is 19.3 Å². The van der Waals surface area contributed by atoms with Gasteiger partial charge in [-0.05, 0) is 0 Å². The maximum absolute atomic E-state index is 2.90. The third kappa shape index (κ3) is 3.89. The summed E-state index contributed by atoms with van der Waals surface area (Å²) in [6.45, 7) is 0. The molecule has 0 unspecified atom stereocenters. The fraction of sp³-hybridized carbons (Fsp3) is 0.600. The van der Waals surface area contributed by atoms with Gasteiger partial charge in [0.15, 0.2) is 0 Å². The molecule has 0 nitrogen and oxygen atoms in total. The van der Waals surface area contributed by atoms with E-state index in [1.54, 1.807) is 0 Å². The predicted molar refractivity (Wildman–Crippen MR) is 36.4 cm³/mol. The van der Waals surface area contributed by atoms with Crippen molar-refractivity contribution in [2.45, 2.75) is 19.3 Å². The zero-order chi connectivity index (χ0) is 4.41. The molecule has 0 aromatic carbocycles. The maximum atomic E-state index is 2.90. The van der Waals surface area contributed by atoms with E-state index in [1.807, 2.05) is 0 Å². The van der Waals surface area contributed by atoms with Crippen LogP contribution in [0.15, 0.2) is 10.2 Å². The van der Waals surface area contributed by atoms with Crippen molar-refractivity contribution in [3.05, 3.63) is 10.2 Å². The summed E-state index contributed by atoms with van der Waals surface area (Å²) in [4.78, 5) is 0. The van der Waals surface area contributed by atoms with Crippen molar-refractivity contribution in [2.24, 2.45) is 0 Å². The Hall–Kier alpha value is 0.943. The molecule has 0 N–H and O–H groups in total. The van der Waals surface area contributed by atoms with Gasteiger partial charge in [0.1, 0.15) is 0 Å². The molecule has 1 aliphatic rings. The molecule has 0 aliphatic heterocycles. The van der Waals surface area contributed by atoms with Gasteiger partial charge < -0.3 is 0 Å². The quantitative estimate of drug-likeness (QED) is 0.573. The minimum atomic E-state index is 0. The Bertz CT molecular complexity index is 80.5. The van der Waals surface area contributed by atoms with Crippen LogP contribution in [0.2, 0.25) is 0 Å². The first-order valence-corrected chi connectivity index (χ1v) is 3.04. The predicted octanol–water partition coefficient (Wildman–Crippen LogP) is 2.44. The second kappa shape index (κ2) is 6.07. The van der Waals surface area contributed by atoms with Crippen molar-refractivity contribution in [2.75, 3.05) is 0 Å². The Balaban J connectivity index is 0. The molecule has 1 aliphatic carbocycles. The van der Waals surface area contributed by atoms with Crippen LogP contribution in [-0.2, 0) is 18.3 Å². The van der Waals surface area contributed by atoms with E-state index < -0.39 is 0 Å². The van der Waals surface area contributed by atoms with Crippen molar-refractivity contribution < 1.29 is 18.3 Å². The van der Waals surface area contributed by atoms with Gasteiger partial charge in [0.05, 0.1) is 0 Å². The van der Waals surface area contributed by atoms with E-state index in [9.17, 15) is 0 Å². The first-order valence-electron chi connectivity index (χ1n) is 2.22. The van der Waals surface area contributed by atoms with Gasteiger partial charge in [-0.15, -0.1) is 24.8 Å². The molecule has 0 saturated carbocycles. The first kappa shape index (κ1) is 11.7. The molecule has 0 fully saturated rings. The van der Waals surface area contributed by atoms with E-state index in [2.05, 4.69) is 24.4 Å². The van der Waals surface area contributed by atoms with Gasteiger partial charge in [0.25, 0.3) is 0 Å². The number of halogens is 2.